The molecule has 0 amide bonds. The molecular weight excluding hydrogens is 336 g/mol. The Morgan fingerprint density at radius 2 is 2.12 bits per heavy atom. The lowest BCUT2D eigenvalue weighted by molar-refractivity contribution is -0.219. The molecule has 6 nitrogen and oxygen atoms in total. The molecule has 0 aliphatic heterocycles. The first kappa shape index (κ1) is 18.7. The van der Waals surface area contributed by atoms with Crippen LogP contribution in [0.15, 0.2) is 22.3 Å². The molecule has 0 bridgehead atoms. The SMILES string of the molecule is C/C=C(/C)C(=O)O[C@@H]1c2c(C)coc2C[C@@]2(O)CCC[C@H](C(=O)O)[C@@]12C. The van der Waals surface area contributed by atoms with Gasteiger partial charge in [0.2, 0.25) is 0 Å². The molecule has 1 heterocycles. The summed E-state index contributed by atoms with van der Waals surface area (Å²) in [6, 6.07) is 0. The van der Waals surface area contributed by atoms with Gasteiger partial charge in [0.25, 0.3) is 0 Å². The number of carboxylic acids is 1. The molecule has 4 atom stereocenters. The zero-order valence-electron chi connectivity index (χ0n) is 15.7. The van der Waals surface area contributed by atoms with Crippen molar-refractivity contribution in [2.75, 3.05) is 0 Å². The molecule has 0 aromatic carbocycles. The molecule has 0 unspecified atom stereocenters. The van der Waals surface area contributed by atoms with E-state index in [-0.39, 0.29) is 6.42 Å². The van der Waals surface area contributed by atoms with Gasteiger partial charge in [-0.25, -0.2) is 4.79 Å². The topological polar surface area (TPSA) is 97.0 Å². The fourth-order valence-corrected chi connectivity index (χ4v) is 4.64. The summed E-state index contributed by atoms with van der Waals surface area (Å²) >= 11 is 0. The second-order valence-electron chi connectivity index (χ2n) is 7.79. The highest BCUT2D eigenvalue weighted by Crippen LogP contribution is 2.61. The van der Waals surface area contributed by atoms with Gasteiger partial charge in [0.1, 0.15) is 11.9 Å². The van der Waals surface area contributed by atoms with E-state index in [0.717, 1.165) is 5.56 Å². The van der Waals surface area contributed by atoms with E-state index in [4.69, 9.17) is 9.15 Å². The molecule has 26 heavy (non-hydrogen) atoms. The molecule has 1 saturated carbocycles. The van der Waals surface area contributed by atoms with Crippen LogP contribution in [0.5, 0.6) is 0 Å². The number of esters is 1. The molecule has 0 spiro atoms. The lowest BCUT2D eigenvalue weighted by Gasteiger charge is -2.56. The fourth-order valence-electron chi connectivity index (χ4n) is 4.64. The van der Waals surface area contributed by atoms with Crippen LogP contribution in [0.4, 0.5) is 0 Å². The highest BCUT2D eigenvalue weighted by molar-refractivity contribution is 5.88. The predicted octanol–water partition coefficient (Wildman–Crippen LogP) is 3.32. The quantitative estimate of drug-likeness (QED) is 0.632. The number of aliphatic hydroxyl groups is 1. The molecule has 2 N–H and O–H groups in total. The summed E-state index contributed by atoms with van der Waals surface area (Å²) in [5.74, 6) is -1.72. The van der Waals surface area contributed by atoms with Gasteiger partial charge in [-0.3, -0.25) is 4.79 Å². The molecule has 3 rings (SSSR count). The highest BCUT2D eigenvalue weighted by Gasteiger charge is 2.65. The van der Waals surface area contributed by atoms with Gasteiger partial charge in [-0.2, -0.15) is 0 Å². The maximum Gasteiger partial charge on any atom is 0.334 e. The normalized spacial score (nSPS) is 34.0. The fraction of sp³-hybridized carbons (Fsp3) is 0.600. The van der Waals surface area contributed by atoms with Crippen molar-refractivity contribution < 1.29 is 29.0 Å². The monoisotopic (exact) mass is 362 g/mol. The Balaban J connectivity index is 2.18. The van der Waals surface area contributed by atoms with Gasteiger partial charge < -0.3 is 19.4 Å². The van der Waals surface area contributed by atoms with Crippen molar-refractivity contribution in [2.24, 2.45) is 11.3 Å². The van der Waals surface area contributed by atoms with Crippen LogP contribution in [0, 0.1) is 18.3 Å². The predicted molar refractivity (Wildman–Crippen MR) is 93.4 cm³/mol. The van der Waals surface area contributed by atoms with Gasteiger partial charge in [0.15, 0.2) is 0 Å². The van der Waals surface area contributed by atoms with Crippen molar-refractivity contribution in [3.8, 4) is 0 Å². The number of ether oxygens (including phenoxy) is 1. The van der Waals surface area contributed by atoms with Crippen molar-refractivity contribution in [2.45, 2.75) is 65.1 Å². The van der Waals surface area contributed by atoms with Crippen LogP contribution in [0.1, 0.15) is 63.0 Å². The summed E-state index contributed by atoms with van der Waals surface area (Å²) in [4.78, 5) is 24.6. The molecule has 1 aromatic heterocycles. The summed E-state index contributed by atoms with van der Waals surface area (Å²) < 4.78 is 11.5. The zero-order valence-corrected chi connectivity index (χ0v) is 15.7. The molecular formula is C20H26O6. The Morgan fingerprint density at radius 3 is 2.73 bits per heavy atom. The van der Waals surface area contributed by atoms with Crippen LogP contribution in [0.3, 0.4) is 0 Å². The largest absolute Gasteiger partial charge is 0.481 e. The second-order valence-corrected chi connectivity index (χ2v) is 7.79. The Labute approximate surface area is 152 Å². The van der Waals surface area contributed by atoms with E-state index in [1.807, 2.05) is 6.92 Å². The van der Waals surface area contributed by atoms with E-state index in [0.29, 0.717) is 36.2 Å². The molecule has 1 aromatic rings. The Kier molecular flexibility index (Phi) is 4.51. The van der Waals surface area contributed by atoms with Gasteiger partial charge in [-0.05, 0) is 45.6 Å². The first-order chi connectivity index (χ1) is 12.2. The van der Waals surface area contributed by atoms with Crippen molar-refractivity contribution in [1.29, 1.82) is 0 Å². The van der Waals surface area contributed by atoms with Crippen LogP contribution < -0.4 is 0 Å². The molecule has 0 radical (unpaired) electrons. The number of aliphatic carboxylic acids is 1. The number of fused-ring (bicyclic) bond motifs is 2. The number of hydrogen-bond acceptors (Lipinski definition) is 5. The Bertz CT molecular complexity index is 775. The number of allylic oxidation sites excluding steroid dienone is 1. The van der Waals surface area contributed by atoms with Gasteiger partial charge in [0.05, 0.1) is 23.2 Å². The van der Waals surface area contributed by atoms with Crippen LogP contribution in [-0.2, 0) is 20.7 Å². The smallest absolute Gasteiger partial charge is 0.334 e. The third kappa shape index (κ3) is 2.50. The van der Waals surface area contributed by atoms with Crippen LogP contribution in [0.25, 0.3) is 0 Å². The average molecular weight is 362 g/mol. The average Bonchev–Trinajstić information content (AvgIpc) is 2.94. The number of aryl methyl sites for hydroxylation is 1. The summed E-state index contributed by atoms with van der Waals surface area (Å²) in [7, 11) is 0. The number of rotatable bonds is 3. The van der Waals surface area contributed by atoms with Gasteiger partial charge in [-0.1, -0.05) is 13.0 Å². The molecule has 0 saturated heterocycles. The first-order valence-electron chi connectivity index (χ1n) is 9.01. The lowest BCUT2D eigenvalue weighted by Crippen LogP contribution is -2.62. The second kappa shape index (κ2) is 6.27. The minimum absolute atomic E-state index is 0.229. The van der Waals surface area contributed by atoms with Crippen LogP contribution >= 0.6 is 0 Å². The van der Waals surface area contributed by atoms with E-state index in [1.54, 1.807) is 33.1 Å². The highest BCUT2D eigenvalue weighted by atomic mass is 16.5. The Morgan fingerprint density at radius 1 is 1.42 bits per heavy atom. The third-order valence-corrected chi connectivity index (χ3v) is 6.45. The maximum absolute atomic E-state index is 12.5. The number of furan rings is 1. The van der Waals surface area contributed by atoms with Crippen LogP contribution in [-0.4, -0.2) is 27.8 Å². The summed E-state index contributed by atoms with van der Waals surface area (Å²) in [6.45, 7) is 6.98. The summed E-state index contributed by atoms with van der Waals surface area (Å²) in [5, 5.41) is 21.3. The van der Waals surface area contributed by atoms with Gasteiger partial charge >= 0.3 is 11.9 Å². The summed E-state index contributed by atoms with van der Waals surface area (Å²) in [6.07, 6.45) is 4.07. The zero-order chi connectivity index (χ0) is 19.3. The standard InChI is InChI=1S/C20H26O6/c1-5-11(2)18(23)26-16-15-12(3)10-25-14(15)9-20(24)8-6-7-13(17(21)22)19(16,20)4/h5,10,13,16,24H,6-9H2,1-4H3,(H,21,22)/b11-5-/t13-,16-,19+,20+/m1/s1. The molecule has 1 fully saturated rings. The number of carbonyl (C=O) groups excluding carboxylic acids is 1. The van der Waals surface area contributed by atoms with Crippen LogP contribution in [0.2, 0.25) is 0 Å². The minimum atomic E-state index is -1.31. The first-order valence-corrected chi connectivity index (χ1v) is 9.01. The van der Waals surface area contributed by atoms with E-state index in [9.17, 15) is 19.8 Å². The number of hydrogen-bond donors (Lipinski definition) is 2. The Hall–Kier alpha value is -2.08. The lowest BCUT2D eigenvalue weighted by atomic mass is 9.51. The molecule has 142 valence electrons. The van der Waals surface area contributed by atoms with Gasteiger partial charge in [0, 0.05) is 17.6 Å². The van der Waals surface area contributed by atoms with E-state index >= 15 is 0 Å². The molecule has 6 heteroatoms. The number of carbonyl (C=O) groups is 2. The molecule has 2 aliphatic carbocycles. The van der Waals surface area contributed by atoms with Crippen molar-refractivity contribution >= 4 is 11.9 Å². The maximum atomic E-state index is 12.5. The number of carboxylic acid groups (broad SMARTS) is 1. The third-order valence-electron chi connectivity index (χ3n) is 6.45. The van der Waals surface area contributed by atoms with Crippen molar-refractivity contribution in [3.63, 3.8) is 0 Å². The summed E-state index contributed by atoms with van der Waals surface area (Å²) in [5.41, 5.74) is -0.507. The van der Waals surface area contributed by atoms with Crippen molar-refractivity contribution in [1.82, 2.24) is 0 Å². The van der Waals surface area contributed by atoms with Gasteiger partial charge in [-0.15, -0.1) is 0 Å². The minimum Gasteiger partial charge on any atom is -0.481 e. The molecule has 2 aliphatic rings. The van der Waals surface area contributed by atoms with E-state index in [1.165, 1.54) is 0 Å². The van der Waals surface area contributed by atoms with E-state index in [2.05, 4.69) is 0 Å². The van der Waals surface area contributed by atoms with Crippen molar-refractivity contribution in [3.05, 3.63) is 34.8 Å². The van der Waals surface area contributed by atoms with E-state index < -0.39 is 35.0 Å².